The Morgan fingerprint density at radius 3 is 2.56 bits per heavy atom. The quantitative estimate of drug-likeness (QED) is 0.404. The van der Waals surface area contributed by atoms with Gasteiger partial charge in [0.15, 0.2) is 0 Å². The number of aromatic amines is 1. The highest BCUT2D eigenvalue weighted by Crippen LogP contribution is 2.21. The Morgan fingerprint density at radius 2 is 1.89 bits per heavy atom. The van der Waals surface area contributed by atoms with Crippen molar-refractivity contribution in [3.05, 3.63) is 90.1 Å². The topological polar surface area (TPSA) is 131 Å². The van der Waals surface area contributed by atoms with Gasteiger partial charge in [-0.1, -0.05) is 17.7 Å². The summed E-state index contributed by atoms with van der Waals surface area (Å²) in [5, 5.41) is 21.6. The monoisotopic (exact) mass is 386 g/mol. The molecule has 0 unspecified atom stereocenters. The van der Waals surface area contributed by atoms with Crippen molar-refractivity contribution in [2.24, 2.45) is 4.99 Å². The Kier molecular flexibility index (Phi) is 4.86. The van der Waals surface area contributed by atoms with Crippen LogP contribution < -0.4 is 11.2 Å². The molecule has 0 bridgehead atoms. The number of halogens is 1. The third-order valence-electron chi connectivity index (χ3n) is 3.59. The van der Waals surface area contributed by atoms with Crippen molar-refractivity contribution in [3.8, 4) is 11.6 Å². The molecule has 0 aliphatic carbocycles. The Labute approximate surface area is 156 Å². The van der Waals surface area contributed by atoms with E-state index >= 15 is 0 Å². The van der Waals surface area contributed by atoms with E-state index < -0.39 is 22.1 Å². The van der Waals surface area contributed by atoms with Gasteiger partial charge in [0, 0.05) is 23.4 Å². The molecule has 0 atom stereocenters. The van der Waals surface area contributed by atoms with Gasteiger partial charge < -0.3 is 5.11 Å². The van der Waals surface area contributed by atoms with Crippen LogP contribution in [-0.2, 0) is 0 Å². The molecule has 0 aliphatic heterocycles. The number of nitrogens with zero attached hydrogens (tertiary/aromatic N) is 3. The highest BCUT2D eigenvalue weighted by molar-refractivity contribution is 6.30. The maximum atomic E-state index is 12.1. The van der Waals surface area contributed by atoms with E-state index in [2.05, 4.69) is 9.98 Å². The first-order valence-corrected chi connectivity index (χ1v) is 7.87. The molecule has 0 radical (unpaired) electrons. The number of aromatic hydroxyl groups is 1. The molecule has 10 heteroatoms. The Hall–Kier alpha value is -3.72. The first kappa shape index (κ1) is 18.1. The third kappa shape index (κ3) is 3.77. The molecule has 3 rings (SSSR count). The molecular weight excluding hydrogens is 376 g/mol. The summed E-state index contributed by atoms with van der Waals surface area (Å²) in [7, 11) is 0. The number of nitrogens with one attached hydrogen (secondary N) is 1. The number of rotatable bonds is 4. The van der Waals surface area contributed by atoms with E-state index in [-0.39, 0.29) is 22.6 Å². The van der Waals surface area contributed by atoms with Crippen molar-refractivity contribution in [1.29, 1.82) is 0 Å². The van der Waals surface area contributed by atoms with Gasteiger partial charge in [0.25, 0.3) is 11.2 Å². The van der Waals surface area contributed by atoms with Crippen LogP contribution in [0.3, 0.4) is 0 Å². The fourth-order valence-corrected chi connectivity index (χ4v) is 2.44. The van der Waals surface area contributed by atoms with E-state index in [9.17, 15) is 24.8 Å². The van der Waals surface area contributed by atoms with Crippen LogP contribution in [0.15, 0.2) is 63.1 Å². The van der Waals surface area contributed by atoms with Gasteiger partial charge in [-0.2, -0.15) is 0 Å². The molecule has 1 heterocycles. The van der Waals surface area contributed by atoms with E-state index in [0.29, 0.717) is 5.02 Å². The lowest BCUT2D eigenvalue weighted by molar-refractivity contribution is -0.384. The number of aromatic nitrogens is 2. The first-order valence-electron chi connectivity index (χ1n) is 7.49. The zero-order valence-corrected chi connectivity index (χ0v) is 14.3. The normalized spacial score (nSPS) is 11.0. The maximum absolute atomic E-state index is 12.1. The number of hydrogen-bond donors (Lipinski definition) is 2. The van der Waals surface area contributed by atoms with Crippen LogP contribution in [0.1, 0.15) is 5.56 Å². The minimum Gasteiger partial charge on any atom is -0.493 e. The van der Waals surface area contributed by atoms with Crippen molar-refractivity contribution in [2.45, 2.75) is 0 Å². The summed E-state index contributed by atoms with van der Waals surface area (Å²) in [5.41, 5.74) is -1.66. The van der Waals surface area contributed by atoms with E-state index in [1.165, 1.54) is 48.5 Å². The van der Waals surface area contributed by atoms with E-state index in [0.717, 1.165) is 10.8 Å². The maximum Gasteiger partial charge on any atom is 0.335 e. The summed E-state index contributed by atoms with van der Waals surface area (Å²) >= 11 is 5.81. The van der Waals surface area contributed by atoms with Crippen LogP contribution in [0.25, 0.3) is 5.69 Å². The SMILES string of the molecule is O=c1[nH]c(=O)n(-c2ccc(Cl)cc2)c(O)c1C=Nc1cccc([N+](=O)[O-])c1. The average Bonchev–Trinajstić information content (AvgIpc) is 2.63. The van der Waals surface area contributed by atoms with Gasteiger partial charge in [0.2, 0.25) is 5.88 Å². The summed E-state index contributed by atoms with van der Waals surface area (Å²) in [5.74, 6) is -0.625. The molecular formula is C17H11ClN4O5. The molecule has 0 saturated carbocycles. The predicted molar refractivity (Wildman–Crippen MR) is 99.7 cm³/mol. The molecule has 3 aromatic rings. The number of nitro groups is 1. The van der Waals surface area contributed by atoms with Crippen LogP contribution in [0, 0.1) is 10.1 Å². The molecule has 9 nitrogen and oxygen atoms in total. The van der Waals surface area contributed by atoms with Crippen LogP contribution in [0.4, 0.5) is 11.4 Å². The van der Waals surface area contributed by atoms with E-state index in [1.54, 1.807) is 0 Å². The van der Waals surface area contributed by atoms with Crippen molar-refractivity contribution in [2.75, 3.05) is 0 Å². The second-order valence-electron chi connectivity index (χ2n) is 5.34. The highest BCUT2D eigenvalue weighted by atomic mass is 35.5. The average molecular weight is 387 g/mol. The molecule has 2 aromatic carbocycles. The van der Waals surface area contributed by atoms with E-state index in [4.69, 9.17) is 11.6 Å². The second kappa shape index (κ2) is 7.26. The summed E-state index contributed by atoms with van der Waals surface area (Å²) in [6.45, 7) is 0. The standard InChI is InChI=1S/C17H11ClN4O5/c18-10-4-6-12(7-5-10)21-16(24)14(15(23)20-17(21)25)9-19-11-2-1-3-13(8-11)22(26)27/h1-9,24H,(H,20,23,25). The Balaban J connectivity index is 2.09. The molecule has 2 N–H and O–H groups in total. The van der Waals surface area contributed by atoms with Gasteiger partial charge in [0.05, 0.1) is 16.3 Å². The van der Waals surface area contributed by atoms with Crippen LogP contribution in [0.2, 0.25) is 5.02 Å². The summed E-state index contributed by atoms with van der Waals surface area (Å²) in [4.78, 5) is 40.4. The molecule has 136 valence electrons. The molecule has 0 aliphatic rings. The number of hydrogen-bond acceptors (Lipinski definition) is 6. The fourth-order valence-electron chi connectivity index (χ4n) is 2.31. The van der Waals surface area contributed by atoms with Crippen LogP contribution in [-0.4, -0.2) is 25.8 Å². The second-order valence-corrected chi connectivity index (χ2v) is 5.78. The van der Waals surface area contributed by atoms with Crippen LogP contribution >= 0.6 is 11.6 Å². The Bertz CT molecular complexity index is 1170. The lowest BCUT2D eigenvalue weighted by Gasteiger charge is -2.09. The number of H-pyrrole nitrogens is 1. The van der Waals surface area contributed by atoms with E-state index in [1.807, 2.05) is 0 Å². The fraction of sp³-hybridized carbons (Fsp3) is 0. The van der Waals surface area contributed by atoms with Crippen molar-refractivity contribution < 1.29 is 10.0 Å². The van der Waals surface area contributed by atoms with Crippen molar-refractivity contribution in [1.82, 2.24) is 9.55 Å². The molecule has 0 saturated heterocycles. The first-order chi connectivity index (χ1) is 12.9. The van der Waals surface area contributed by atoms with Gasteiger partial charge in [0.1, 0.15) is 5.56 Å². The zero-order valence-electron chi connectivity index (χ0n) is 13.5. The van der Waals surface area contributed by atoms with Gasteiger partial charge in [-0.3, -0.25) is 24.9 Å². The number of benzene rings is 2. The minimum absolute atomic E-state index is 0.172. The summed E-state index contributed by atoms with van der Waals surface area (Å²) in [6, 6.07) is 11.4. The Morgan fingerprint density at radius 1 is 1.19 bits per heavy atom. The predicted octanol–water partition coefficient (Wildman–Crippen LogP) is 2.54. The van der Waals surface area contributed by atoms with Gasteiger partial charge in [-0.25, -0.2) is 9.36 Å². The lowest BCUT2D eigenvalue weighted by atomic mass is 10.2. The lowest BCUT2D eigenvalue weighted by Crippen LogP contribution is -2.31. The smallest absolute Gasteiger partial charge is 0.335 e. The van der Waals surface area contributed by atoms with Crippen molar-refractivity contribution in [3.63, 3.8) is 0 Å². The van der Waals surface area contributed by atoms with Gasteiger partial charge in [-0.15, -0.1) is 0 Å². The molecule has 0 spiro atoms. The summed E-state index contributed by atoms with van der Waals surface area (Å²) < 4.78 is 0.881. The molecule has 0 amide bonds. The zero-order chi connectivity index (χ0) is 19.6. The largest absolute Gasteiger partial charge is 0.493 e. The number of nitro benzene ring substituents is 1. The molecule has 27 heavy (non-hydrogen) atoms. The summed E-state index contributed by atoms with van der Waals surface area (Å²) in [6.07, 6.45) is 1.03. The van der Waals surface area contributed by atoms with Crippen molar-refractivity contribution >= 4 is 29.2 Å². The number of aliphatic imine (C=N–C) groups is 1. The molecule has 0 fully saturated rings. The van der Waals surface area contributed by atoms with Gasteiger partial charge >= 0.3 is 5.69 Å². The van der Waals surface area contributed by atoms with Gasteiger partial charge in [-0.05, 0) is 30.3 Å². The third-order valence-corrected chi connectivity index (χ3v) is 3.84. The number of non-ortho nitro benzene ring substituents is 1. The minimum atomic E-state index is -0.850. The molecule has 1 aromatic heterocycles. The van der Waals surface area contributed by atoms with Crippen LogP contribution in [0.5, 0.6) is 5.88 Å². The highest BCUT2D eigenvalue weighted by Gasteiger charge is 2.14.